The van der Waals surface area contributed by atoms with E-state index in [0.29, 0.717) is 11.5 Å². The van der Waals surface area contributed by atoms with Crippen LogP contribution in [-0.2, 0) is 0 Å². The third kappa shape index (κ3) is 6.11. The largest absolute Gasteiger partial charge is 0.316 e. The van der Waals surface area contributed by atoms with E-state index in [9.17, 15) is 0 Å². The number of nitrogens with zero attached hydrogens (tertiary/aromatic N) is 2. The van der Waals surface area contributed by atoms with Crippen molar-refractivity contribution in [3.8, 4) is 0 Å². The van der Waals surface area contributed by atoms with Crippen LogP contribution in [-0.4, -0.2) is 62.2 Å². The Hall–Kier alpha value is -0.120. The van der Waals surface area contributed by atoms with Crippen molar-refractivity contribution in [2.24, 2.45) is 11.3 Å². The third-order valence-corrected chi connectivity index (χ3v) is 4.51. The minimum absolute atomic E-state index is 0.411. The summed E-state index contributed by atoms with van der Waals surface area (Å²) in [6, 6.07) is 0.690. The fraction of sp³-hybridized carbons (Fsp3) is 1.00. The van der Waals surface area contributed by atoms with Gasteiger partial charge in [0.15, 0.2) is 0 Å². The second-order valence-corrected chi connectivity index (χ2v) is 7.67. The molecule has 2 atom stereocenters. The maximum Gasteiger partial charge on any atom is 0.0195 e. The van der Waals surface area contributed by atoms with Crippen LogP contribution in [0.2, 0.25) is 0 Å². The molecule has 120 valence electrons. The van der Waals surface area contributed by atoms with E-state index in [2.05, 4.69) is 56.8 Å². The zero-order chi connectivity index (χ0) is 15.2. The van der Waals surface area contributed by atoms with Gasteiger partial charge in [0.1, 0.15) is 0 Å². The van der Waals surface area contributed by atoms with Gasteiger partial charge in [-0.15, -0.1) is 0 Å². The average molecular weight is 284 g/mol. The Bertz CT molecular complexity index is 267. The lowest BCUT2D eigenvalue weighted by Gasteiger charge is -2.43. The highest BCUT2D eigenvalue weighted by atomic mass is 15.3. The summed E-state index contributed by atoms with van der Waals surface area (Å²) >= 11 is 0. The second-order valence-electron chi connectivity index (χ2n) is 7.67. The standard InChI is InChI=1S/C17H37N3/c1-7-8-17(5,13-18-11-15(2)3)14-20-10-9-19(6)12-16(20)4/h15-16,18H,7-14H2,1-6H3. The molecule has 1 N–H and O–H groups in total. The molecule has 1 heterocycles. The predicted molar refractivity (Wildman–Crippen MR) is 89.3 cm³/mol. The predicted octanol–water partition coefficient (Wildman–Crippen LogP) is 2.67. The summed E-state index contributed by atoms with van der Waals surface area (Å²) in [5.41, 5.74) is 0.411. The molecule has 1 aliphatic heterocycles. The Morgan fingerprint density at radius 3 is 2.55 bits per heavy atom. The van der Waals surface area contributed by atoms with Crippen LogP contribution in [0.15, 0.2) is 0 Å². The van der Waals surface area contributed by atoms with Gasteiger partial charge >= 0.3 is 0 Å². The monoisotopic (exact) mass is 283 g/mol. The first kappa shape index (κ1) is 17.9. The smallest absolute Gasteiger partial charge is 0.0195 e. The molecule has 20 heavy (non-hydrogen) atoms. The molecule has 1 aliphatic rings. The van der Waals surface area contributed by atoms with Gasteiger partial charge in [-0.2, -0.15) is 0 Å². The molecule has 3 nitrogen and oxygen atoms in total. The Labute approximate surface area is 127 Å². The lowest BCUT2D eigenvalue weighted by atomic mass is 9.84. The fourth-order valence-corrected chi connectivity index (χ4v) is 3.39. The number of hydrogen-bond acceptors (Lipinski definition) is 3. The second kappa shape index (κ2) is 8.35. The van der Waals surface area contributed by atoms with E-state index in [1.165, 1.54) is 39.0 Å². The molecule has 0 aromatic carbocycles. The maximum atomic E-state index is 3.69. The van der Waals surface area contributed by atoms with Gasteiger partial charge in [0.2, 0.25) is 0 Å². The molecule has 2 unspecified atom stereocenters. The summed E-state index contributed by atoms with van der Waals surface area (Å²) < 4.78 is 0. The van der Waals surface area contributed by atoms with Crippen molar-refractivity contribution >= 4 is 0 Å². The molecule has 0 aromatic rings. The van der Waals surface area contributed by atoms with Crippen LogP contribution in [0.1, 0.15) is 47.5 Å². The minimum Gasteiger partial charge on any atom is -0.316 e. The number of likely N-dealkylation sites (N-methyl/N-ethyl adjacent to an activating group) is 1. The number of rotatable bonds is 8. The summed E-state index contributed by atoms with van der Waals surface area (Å²) in [7, 11) is 2.24. The first-order valence-electron chi connectivity index (χ1n) is 8.49. The quantitative estimate of drug-likeness (QED) is 0.739. The molecule has 0 spiro atoms. The molecule has 1 fully saturated rings. The van der Waals surface area contributed by atoms with Gasteiger partial charge in [-0.25, -0.2) is 0 Å². The highest BCUT2D eigenvalue weighted by molar-refractivity contribution is 4.86. The van der Waals surface area contributed by atoms with Crippen molar-refractivity contribution in [1.82, 2.24) is 15.1 Å². The van der Waals surface area contributed by atoms with E-state index in [0.717, 1.165) is 19.0 Å². The van der Waals surface area contributed by atoms with Crippen LogP contribution in [0.5, 0.6) is 0 Å². The lowest BCUT2D eigenvalue weighted by molar-refractivity contribution is 0.0558. The Kier molecular flexibility index (Phi) is 7.49. The van der Waals surface area contributed by atoms with E-state index in [-0.39, 0.29) is 0 Å². The van der Waals surface area contributed by atoms with Crippen LogP contribution in [0.25, 0.3) is 0 Å². The first-order valence-corrected chi connectivity index (χ1v) is 8.49. The van der Waals surface area contributed by atoms with Gasteiger partial charge in [0.25, 0.3) is 0 Å². The summed E-state index contributed by atoms with van der Waals surface area (Å²) in [6.07, 6.45) is 2.60. The van der Waals surface area contributed by atoms with Crippen molar-refractivity contribution in [3.63, 3.8) is 0 Å². The zero-order valence-corrected chi connectivity index (χ0v) is 14.7. The molecule has 0 radical (unpaired) electrons. The average Bonchev–Trinajstić information content (AvgIpc) is 2.33. The molecule has 1 saturated heterocycles. The Morgan fingerprint density at radius 1 is 1.30 bits per heavy atom. The topological polar surface area (TPSA) is 18.5 Å². The van der Waals surface area contributed by atoms with Gasteiger partial charge in [-0.1, -0.05) is 34.1 Å². The van der Waals surface area contributed by atoms with Crippen LogP contribution < -0.4 is 5.32 Å². The molecule has 1 rings (SSSR count). The van der Waals surface area contributed by atoms with Crippen molar-refractivity contribution in [2.75, 3.05) is 46.3 Å². The molecular formula is C17H37N3. The summed E-state index contributed by atoms with van der Waals surface area (Å²) in [5, 5.41) is 3.69. The third-order valence-electron chi connectivity index (χ3n) is 4.51. The van der Waals surface area contributed by atoms with Crippen molar-refractivity contribution in [3.05, 3.63) is 0 Å². The molecule has 0 aromatic heterocycles. The molecular weight excluding hydrogens is 246 g/mol. The van der Waals surface area contributed by atoms with Crippen LogP contribution >= 0.6 is 0 Å². The van der Waals surface area contributed by atoms with Gasteiger partial charge in [0.05, 0.1) is 0 Å². The van der Waals surface area contributed by atoms with E-state index in [4.69, 9.17) is 0 Å². The van der Waals surface area contributed by atoms with Gasteiger partial charge in [0, 0.05) is 38.8 Å². The van der Waals surface area contributed by atoms with Crippen molar-refractivity contribution < 1.29 is 0 Å². The summed E-state index contributed by atoms with van der Waals surface area (Å²) in [5.74, 6) is 0.739. The van der Waals surface area contributed by atoms with Gasteiger partial charge < -0.3 is 10.2 Å². The van der Waals surface area contributed by atoms with E-state index < -0.39 is 0 Å². The van der Waals surface area contributed by atoms with Crippen molar-refractivity contribution in [2.45, 2.75) is 53.5 Å². The summed E-state index contributed by atoms with van der Waals surface area (Å²) in [6.45, 7) is 18.9. The van der Waals surface area contributed by atoms with Crippen LogP contribution in [0.3, 0.4) is 0 Å². The minimum atomic E-state index is 0.411. The number of piperazine rings is 1. The van der Waals surface area contributed by atoms with Crippen LogP contribution in [0.4, 0.5) is 0 Å². The fourth-order valence-electron chi connectivity index (χ4n) is 3.39. The Morgan fingerprint density at radius 2 is 2.00 bits per heavy atom. The number of nitrogens with one attached hydrogen (secondary N) is 1. The van der Waals surface area contributed by atoms with E-state index >= 15 is 0 Å². The molecule has 3 heteroatoms. The van der Waals surface area contributed by atoms with Crippen LogP contribution in [0, 0.1) is 11.3 Å². The van der Waals surface area contributed by atoms with E-state index in [1.807, 2.05) is 0 Å². The highest BCUT2D eigenvalue weighted by Gasteiger charge is 2.30. The molecule has 0 saturated carbocycles. The molecule has 0 amide bonds. The number of hydrogen-bond donors (Lipinski definition) is 1. The maximum absolute atomic E-state index is 3.69. The SMILES string of the molecule is CCCC(C)(CNCC(C)C)CN1CCN(C)CC1C. The zero-order valence-electron chi connectivity index (χ0n) is 14.7. The normalized spacial score (nSPS) is 25.1. The lowest BCUT2D eigenvalue weighted by Crippen LogP contribution is -2.54. The first-order chi connectivity index (χ1) is 9.36. The summed E-state index contributed by atoms with van der Waals surface area (Å²) in [4.78, 5) is 5.15. The van der Waals surface area contributed by atoms with Crippen molar-refractivity contribution in [1.29, 1.82) is 0 Å². The van der Waals surface area contributed by atoms with Gasteiger partial charge in [-0.05, 0) is 38.3 Å². The van der Waals surface area contributed by atoms with Gasteiger partial charge in [-0.3, -0.25) is 4.90 Å². The Balaban J connectivity index is 2.51. The molecule has 0 aliphatic carbocycles. The highest BCUT2D eigenvalue weighted by Crippen LogP contribution is 2.26. The molecule has 0 bridgehead atoms. The van der Waals surface area contributed by atoms with E-state index in [1.54, 1.807) is 0 Å².